The van der Waals surface area contributed by atoms with Gasteiger partial charge >= 0.3 is 0 Å². The van der Waals surface area contributed by atoms with Crippen molar-refractivity contribution in [2.45, 2.75) is 30.4 Å². The third kappa shape index (κ3) is 2.74. The first kappa shape index (κ1) is 11.9. The van der Waals surface area contributed by atoms with Gasteiger partial charge in [-0.1, -0.05) is 0 Å². The molecule has 0 saturated heterocycles. The molecule has 1 aliphatic rings. The zero-order valence-electron chi connectivity index (χ0n) is 8.81. The van der Waals surface area contributed by atoms with Crippen LogP contribution in [0.1, 0.15) is 19.3 Å². The molecule has 0 unspecified atom stereocenters. The van der Waals surface area contributed by atoms with Crippen LogP contribution in [0.25, 0.3) is 0 Å². The van der Waals surface area contributed by atoms with Gasteiger partial charge in [0.15, 0.2) is 14.9 Å². The first-order chi connectivity index (χ1) is 7.45. The molecule has 0 amide bonds. The predicted molar refractivity (Wildman–Crippen MR) is 63.3 cm³/mol. The minimum Gasteiger partial charge on any atom is -0.490 e. The van der Waals surface area contributed by atoms with E-state index in [1.165, 1.54) is 12.5 Å². The molecular weight excluding hydrogens is 294 g/mol. The van der Waals surface area contributed by atoms with Crippen LogP contribution in [-0.2, 0) is 9.84 Å². The van der Waals surface area contributed by atoms with Crippen molar-refractivity contribution in [3.8, 4) is 5.75 Å². The Morgan fingerprint density at radius 1 is 1.44 bits per heavy atom. The van der Waals surface area contributed by atoms with Crippen molar-refractivity contribution >= 4 is 25.8 Å². The fourth-order valence-electron chi connectivity index (χ4n) is 1.39. The molecule has 88 valence electrons. The topological polar surface area (TPSA) is 56.3 Å². The maximum absolute atomic E-state index is 11.4. The number of hydrogen-bond donors (Lipinski definition) is 0. The van der Waals surface area contributed by atoms with E-state index in [-0.39, 0.29) is 11.1 Å². The monoisotopic (exact) mass is 305 g/mol. The number of halogens is 1. The summed E-state index contributed by atoms with van der Waals surface area (Å²) in [4.78, 5) is 3.90. The van der Waals surface area contributed by atoms with E-state index in [1.54, 1.807) is 6.07 Å². The van der Waals surface area contributed by atoms with Crippen molar-refractivity contribution < 1.29 is 13.2 Å². The van der Waals surface area contributed by atoms with Gasteiger partial charge in [0.25, 0.3) is 0 Å². The highest BCUT2D eigenvalue weighted by atomic mass is 79.9. The van der Waals surface area contributed by atoms with Gasteiger partial charge in [0.05, 0.1) is 6.10 Å². The van der Waals surface area contributed by atoms with E-state index in [9.17, 15) is 8.42 Å². The van der Waals surface area contributed by atoms with E-state index < -0.39 is 9.84 Å². The number of rotatable bonds is 3. The van der Waals surface area contributed by atoms with Crippen molar-refractivity contribution in [1.82, 2.24) is 4.98 Å². The molecule has 0 atom stereocenters. The molecule has 4 nitrogen and oxygen atoms in total. The molecular formula is C10H12BrNO3S. The fraction of sp³-hybridized carbons (Fsp3) is 0.500. The Morgan fingerprint density at radius 2 is 2.12 bits per heavy atom. The van der Waals surface area contributed by atoms with Gasteiger partial charge in [-0.25, -0.2) is 13.4 Å². The van der Waals surface area contributed by atoms with Gasteiger partial charge in [-0.3, -0.25) is 0 Å². The third-order valence-electron chi connectivity index (χ3n) is 2.48. The lowest BCUT2D eigenvalue weighted by Crippen LogP contribution is -2.24. The molecule has 1 heterocycles. The van der Waals surface area contributed by atoms with Crippen LogP contribution in [0.2, 0.25) is 0 Å². The van der Waals surface area contributed by atoms with Gasteiger partial charge in [0.1, 0.15) is 10.4 Å². The van der Waals surface area contributed by atoms with Crippen LogP contribution in [0, 0.1) is 0 Å². The summed E-state index contributed by atoms with van der Waals surface area (Å²) in [5.74, 6) is 0.562. The maximum atomic E-state index is 11.4. The van der Waals surface area contributed by atoms with Crippen LogP contribution < -0.4 is 4.74 Å². The second-order valence-electron chi connectivity index (χ2n) is 3.91. The van der Waals surface area contributed by atoms with Crippen LogP contribution in [0.15, 0.2) is 21.8 Å². The SMILES string of the molecule is CS(=O)(=O)c1cc(OC2CCC2)cc(Br)n1. The second-order valence-corrected chi connectivity index (χ2v) is 6.68. The molecule has 1 fully saturated rings. The summed E-state index contributed by atoms with van der Waals surface area (Å²) in [7, 11) is -3.29. The molecule has 0 bridgehead atoms. The van der Waals surface area contributed by atoms with Crippen LogP contribution >= 0.6 is 15.9 Å². The number of nitrogens with zero attached hydrogens (tertiary/aromatic N) is 1. The van der Waals surface area contributed by atoms with E-state index in [1.807, 2.05) is 0 Å². The number of sulfone groups is 1. The minimum atomic E-state index is -3.29. The lowest BCUT2D eigenvalue weighted by Gasteiger charge is -2.26. The quantitative estimate of drug-likeness (QED) is 0.803. The average molecular weight is 306 g/mol. The number of aromatic nitrogens is 1. The number of hydrogen-bond acceptors (Lipinski definition) is 4. The van der Waals surface area contributed by atoms with Crippen molar-refractivity contribution in [1.29, 1.82) is 0 Å². The summed E-state index contributed by atoms with van der Waals surface area (Å²) < 4.78 is 28.8. The van der Waals surface area contributed by atoms with E-state index in [0.29, 0.717) is 10.4 Å². The van der Waals surface area contributed by atoms with Gasteiger partial charge < -0.3 is 4.74 Å². The molecule has 0 radical (unpaired) electrons. The number of ether oxygens (including phenoxy) is 1. The van der Waals surface area contributed by atoms with Gasteiger partial charge in [-0.15, -0.1) is 0 Å². The maximum Gasteiger partial charge on any atom is 0.192 e. The smallest absolute Gasteiger partial charge is 0.192 e. The molecule has 0 aliphatic heterocycles. The zero-order valence-corrected chi connectivity index (χ0v) is 11.2. The molecule has 0 N–H and O–H groups in total. The third-order valence-corrected chi connectivity index (χ3v) is 3.85. The summed E-state index contributed by atoms with van der Waals surface area (Å²) in [6.45, 7) is 0. The largest absolute Gasteiger partial charge is 0.490 e. The van der Waals surface area contributed by atoms with Crippen molar-refractivity contribution in [3.63, 3.8) is 0 Å². The van der Waals surface area contributed by atoms with Crippen molar-refractivity contribution in [3.05, 3.63) is 16.7 Å². The average Bonchev–Trinajstić information content (AvgIpc) is 2.09. The van der Waals surface area contributed by atoms with Gasteiger partial charge in [0, 0.05) is 18.4 Å². The van der Waals surface area contributed by atoms with Crippen molar-refractivity contribution in [2.75, 3.05) is 6.26 Å². The lowest BCUT2D eigenvalue weighted by molar-refractivity contribution is 0.119. The molecule has 1 aromatic heterocycles. The molecule has 1 aromatic rings. The fourth-order valence-corrected chi connectivity index (χ4v) is 2.52. The second kappa shape index (κ2) is 4.33. The molecule has 2 rings (SSSR count). The van der Waals surface area contributed by atoms with Gasteiger partial charge in [0.2, 0.25) is 0 Å². The van der Waals surface area contributed by atoms with Crippen LogP contribution in [-0.4, -0.2) is 25.8 Å². The highest BCUT2D eigenvalue weighted by molar-refractivity contribution is 9.10. The Kier molecular flexibility index (Phi) is 3.21. The first-order valence-corrected chi connectivity index (χ1v) is 7.68. The highest BCUT2D eigenvalue weighted by Crippen LogP contribution is 2.27. The Morgan fingerprint density at radius 3 is 2.62 bits per heavy atom. The summed E-state index contributed by atoms with van der Waals surface area (Å²) in [6.07, 6.45) is 4.61. The molecule has 0 aromatic carbocycles. The molecule has 1 saturated carbocycles. The van der Waals surface area contributed by atoms with Crippen LogP contribution in [0.3, 0.4) is 0 Å². The summed E-state index contributed by atoms with van der Waals surface area (Å²) in [6, 6.07) is 3.16. The Bertz CT molecular complexity index is 497. The standard InChI is InChI=1S/C10H12BrNO3S/c1-16(13,14)10-6-8(5-9(11)12-10)15-7-3-2-4-7/h5-7H,2-4H2,1H3. The minimum absolute atomic E-state index is 0.0381. The Balaban J connectivity index is 2.28. The zero-order chi connectivity index (χ0) is 11.8. The summed E-state index contributed by atoms with van der Waals surface area (Å²) in [5, 5.41) is 0.0381. The predicted octanol–water partition coefficient (Wildman–Crippen LogP) is 2.18. The van der Waals surface area contributed by atoms with Gasteiger partial charge in [-0.05, 0) is 35.2 Å². The van der Waals surface area contributed by atoms with E-state index in [4.69, 9.17) is 4.74 Å². The molecule has 1 aliphatic carbocycles. The van der Waals surface area contributed by atoms with Gasteiger partial charge in [-0.2, -0.15) is 0 Å². The van der Waals surface area contributed by atoms with Crippen LogP contribution in [0.5, 0.6) is 5.75 Å². The highest BCUT2D eigenvalue weighted by Gasteiger charge is 2.20. The Hall–Kier alpha value is -0.620. The molecule has 0 spiro atoms. The Labute approximate surface area is 103 Å². The molecule has 16 heavy (non-hydrogen) atoms. The van der Waals surface area contributed by atoms with E-state index >= 15 is 0 Å². The number of pyridine rings is 1. The van der Waals surface area contributed by atoms with E-state index in [0.717, 1.165) is 19.1 Å². The van der Waals surface area contributed by atoms with Crippen molar-refractivity contribution in [2.24, 2.45) is 0 Å². The lowest BCUT2D eigenvalue weighted by atomic mass is 9.96. The van der Waals surface area contributed by atoms with Crippen LogP contribution in [0.4, 0.5) is 0 Å². The van der Waals surface area contributed by atoms with E-state index in [2.05, 4.69) is 20.9 Å². The summed E-state index contributed by atoms with van der Waals surface area (Å²) in [5.41, 5.74) is 0. The normalized spacial score (nSPS) is 16.9. The molecule has 6 heteroatoms. The summed E-state index contributed by atoms with van der Waals surface area (Å²) >= 11 is 3.18. The first-order valence-electron chi connectivity index (χ1n) is 4.99.